The number of nitrogens with zero attached hydrogens (tertiary/aromatic N) is 4. The van der Waals surface area contributed by atoms with Gasteiger partial charge in [0.2, 0.25) is 0 Å². The highest BCUT2D eigenvalue weighted by Crippen LogP contribution is 2.19. The van der Waals surface area contributed by atoms with E-state index in [1.807, 2.05) is 25.6 Å². The zero-order valence-electron chi connectivity index (χ0n) is 10.3. The number of aryl methyl sites for hydroxylation is 4. The maximum Gasteiger partial charge on any atom is 0.105 e. The van der Waals surface area contributed by atoms with Crippen LogP contribution in [0.25, 0.3) is 0 Å². The summed E-state index contributed by atoms with van der Waals surface area (Å²) >= 11 is 0. The third-order valence-electron chi connectivity index (χ3n) is 3.62. The van der Waals surface area contributed by atoms with Crippen molar-refractivity contribution in [2.45, 2.75) is 45.7 Å². The summed E-state index contributed by atoms with van der Waals surface area (Å²) in [5.41, 5.74) is 2.77. The molecular formula is C13H18N4. The van der Waals surface area contributed by atoms with E-state index in [1.54, 1.807) is 0 Å². The molecule has 2 aromatic rings. The predicted octanol–water partition coefficient (Wildman–Crippen LogP) is 1.97. The molecule has 2 aromatic heterocycles. The van der Waals surface area contributed by atoms with E-state index in [4.69, 9.17) is 0 Å². The largest absolute Gasteiger partial charge is 0.333 e. The molecule has 0 spiro atoms. The van der Waals surface area contributed by atoms with Crippen LogP contribution >= 0.6 is 0 Å². The Bertz CT molecular complexity index is 509. The zero-order chi connectivity index (χ0) is 11.7. The summed E-state index contributed by atoms with van der Waals surface area (Å²) in [6, 6.07) is 0. The van der Waals surface area contributed by atoms with Gasteiger partial charge < -0.3 is 9.13 Å². The molecule has 4 heteroatoms. The first-order valence-corrected chi connectivity index (χ1v) is 6.35. The van der Waals surface area contributed by atoms with Gasteiger partial charge in [-0.2, -0.15) is 0 Å². The van der Waals surface area contributed by atoms with Gasteiger partial charge in [-0.1, -0.05) is 0 Å². The van der Waals surface area contributed by atoms with E-state index in [0.29, 0.717) is 0 Å². The van der Waals surface area contributed by atoms with Gasteiger partial charge in [-0.25, -0.2) is 9.97 Å². The maximum atomic E-state index is 4.52. The Labute approximate surface area is 101 Å². The molecule has 0 aromatic carbocycles. The minimum absolute atomic E-state index is 0.981. The molecule has 0 fully saturated rings. The molecule has 2 heterocycles. The van der Waals surface area contributed by atoms with E-state index in [9.17, 15) is 0 Å². The van der Waals surface area contributed by atoms with Gasteiger partial charge >= 0.3 is 0 Å². The lowest BCUT2D eigenvalue weighted by Gasteiger charge is -2.14. The normalized spacial score (nSPS) is 14.9. The van der Waals surface area contributed by atoms with E-state index in [-0.39, 0.29) is 0 Å². The Balaban J connectivity index is 1.73. The number of fused-ring (bicyclic) bond motifs is 1. The third-order valence-corrected chi connectivity index (χ3v) is 3.62. The van der Waals surface area contributed by atoms with Crippen molar-refractivity contribution in [3.63, 3.8) is 0 Å². The third kappa shape index (κ3) is 1.99. The van der Waals surface area contributed by atoms with E-state index < -0.39 is 0 Å². The fourth-order valence-electron chi connectivity index (χ4n) is 2.58. The lowest BCUT2D eigenvalue weighted by atomic mass is 10.0. The van der Waals surface area contributed by atoms with E-state index in [0.717, 1.165) is 25.3 Å². The molecule has 3 rings (SSSR count). The lowest BCUT2D eigenvalue weighted by molar-refractivity contribution is 0.538. The van der Waals surface area contributed by atoms with Crippen LogP contribution in [0.5, 0.6) is 0 Å². The summed E-state index contributed by atoms with van der Waals surface area (Å²) in [5.74, 6) is 1.08. The average molecular weight is 230 g/mol. The van der Waals surface area contributed by atoms with E-state index in [1.165, 1.54) is 30.7 Å². The van der Waals surface area contributed by atoms with Crippen molar-refractivity contribution in [1.29, 1.82) is 0 Å². The van der Waals surface area contributed by atoms with Gasteiger partial charge in [0.1, 0.15) is 5.82 Å². The topological polar surface area (TPSA) is 35.6 Å². The van der Waals surface area contributed by atoms with E-state index in [2.05, 4.69) is 19.1 Å². The van der Waals surface area contributed by atoms with Crippen molar-refractivity contribution in [3.8, 4) is 0 Å². The van der Waals surface area contributed by atoms with Crippen LogP contribution in [0.4, 0.5) is 0 Å². The number of imidazole rings is 2. The first kappa shape index (κ1) is 10.6. The molecular weight excluding hydrogens is 212 g/mol. The first-order chi connectivity index (χ1) is 8.34. The molecule has 1 aliphatic carbocycles. The zero-order valence-corrected chi connectivity index (χ0v) is 10.3. The SMILES string of the molecule is Cc1nccn1CCn1cnc2c1CCCC2. The molecule has 4 nitrogen and oxygen atoms in total. The second kappa shape index (κ2) is 4.35. The molecule has 1 aliphatic rings. The van der Waals surface area contributed by atoms with Crippen molar-refractivity contribution < 1.29 is 0 Å². The monoisotopic (exact) mass is 230 g/mol. The summed E-state index contributed by atoms with van der Waals surface area (Å²) in [5, 5.41) is 0. The van der Waals surface area contributed by atoms with Crippen LogP contribution < -0.4 is 0 Å². The summed E-state index contributed by atoms with van der Waals surface area (Å²) < 4.78 is 4.50. The molecule has 0 unspecified atom stereocenters. The summed E-state index contributed by atoms with van der Waals surface area (Å²) in [4.78, 5) is 8.76. The molecule has 17 heavy (non-hydrogen) atoms. The van der Waals surface area contributed by atoms with E-state index >= 15 is 0 Å². The van der Waals surface area contributed by atoms with Crippen LogP contribution in [0, 0.1) is 6.92 Å². The number of aromatic nitrogens is 4. The summed E-state index contributed by atoms with van der Waals surface area (Å²) in [6.07, 6.45) is 10.9. The number of rotatable bonds is 3. The second-order valence-corrected chi connectivity index (χ2v) is 4.71. The second-order valence-electron chi connectivity index (χ2n) is 4.71. The standard InChI is InChI=1S/C13H18N4/c1-11-14-6-7-16(11)8-9-17-10-15-12-4-2-3-5-13(12)17/h6-7,10H,2-5,8-9H2,1H3. The molecule has 0 radical (unpaired) electrons. The number of hydrogen-bond donors (Lipinski definition) is 0. The van der Waals surface area contributed by atoms with Crippen molar-refractivity contribution in [2.24, 2.45) is 0 Å². The van der Waals surface area contributed by atoms with Crippen LogP contribution in [0.1, 0.15) is 30.1 Å². The van der Waals surface area contributed by atoms with Crippen LogP contribution in [0.3, 0.4) is 0 Å². The molecule has 0 amide bonds. The van der Waals surface area contributed by atoms with Crippen LogP contribution in [-0.2, 0) is 25.9 Å². The smallest absolute Gasteiger partial charge is 0.105 e. The summed E-state index contributed by atoms with van der Waals surface area (Å²) in [6.45, 7) is 4.03. The van der Waals surface area contributed by atoms with Gasteiger partial charge in [-0.3, -0.25) is 0 Å². The van der Waals surface area contributed by atoms with Crippen LogP contribution in [0.2, 0.25) is 0 Å². The highest BCUT2D eigenvalue weighted by molar-refractivity contribution is 5.16. The Kier molecular flexibility index (Phi) is 2.71. The fraction of sp³-hybridized carbons (Fsp3) is 0.538. The molecule has 0 saturated carbocycles. The maximum absolute atomic E-state index is 4.52. The van der Waals surface area contributed by atoms with Gasteiger partial charge in [-0.05, 0) is 32.6 Å². The minimum Gasteiger partial charge on any atom is -0.333 e. The molecule has 90 valence electrons. The van der Waals surface area contributed by atoms with Gasteiger partial charge in [0.25, 0.3) is 0 Å². The molecule has 0 saturated heterocycles. The Morgan fingerprint density at radius 3 is 2.76 bits per heavy atom. The molecule has 0 bridgehead atoms. The van der Waals surface area contributed by atoms with Crippen molar-refractivity contribution >= 4 is 0 Å². The Morgan fingerprint density at radius 1 is 1.12 bits per heavy atom. The Hall–Kier alpha value is -1.58. The number of hydrogen-bond acceptors (Lipinski definition) is 2. The van der Waals surface area contributed by atoms with Crippen LogP contribution in [-0.4, -0.2) is 19.1 Å². The highest BCUT2D eigenvalue weighted by atomic mass is 15.1. The fourth-order valence-corrected chi connectivity index (χ4v) is 2.58. The molecule has 0 aliphatic heterocycles. The molecule has 0 atom stereocenters. The predicted molar refractivity (Wildman–Crippen MR) is 65.8 cm³/mol. The van der Waals surface area contributed by atoms with Crippen molar-refractivity contribution in [1.82, 2.24) is 19.1 Å². The highest BCUT2D eigenvalue weighted by Gasteiger charge is 2.14. The summed E-state index contributed by atoms with van der Waals surface area (Å²) in [7, 11) is 0. The van der Waals surface area contributed by atoms with Crippen LogP contribution in [0.15, 0.2) is 18.7 Å². The minimum atomic E-state index is 0.981. The van der Waals surface area contributed by atoms with Gasteiger partial charge in [0.15, 0.2) is 0 Å². The average Bonchev–Trinajstić information content (AvgIpc) is 2.93. The van der Waals surface area contributed by atoms with Crippen molar-refractivity contribution in [3.05, 3.63) is 35.9 Å². The quantitative estimate of drug-likeness (QED) is 0.808. The van der Waals surface area contributed by atoms with Gasteiger partial charge in [0, 0.05) is 31.2 Å². The van der Waals surface area contributed by atoms with Crippen molar-refractivity contribution in [2.75, 3.05) is 0 Å². The van der Waals surface area contributed by atoms with Gasteiger partial charge in [-0.15, -0.1) is 0 Å². The Morgan fingerprint density at radius 2 is 1.94 bits per heavy atom. The first-order valence-electron chi connectivity index (χ1n) is 6.35. The molecule has 0 N–H and O–H groups in total. The van der Waals surface area contributed by atoms with Gasteiger partial charge in [0.05, 0.1) is 12.0 Å². The lowest BCUT2D eigenvalue weighted by Crippen LogP contribution is -2.12.